The number of aromatic nitrogens is 1. The molecule has 78 valence electrons. The standard InChI is InChI=1S/C10H16N2OS/c1-13-6-9-7-14-10(12-9)8-3-2-4-11-5-8/h7-8,11H,2-6H2,1H3. The third kappa shape index (κ3) is 2.32. The summed E-state index contributed by atoms with van der Waals surface area (Å²) in [6, 6.07) is 0. The monoisotopic (exact) mass is 212 g/mol. The highest BCUT2D eigenvalue weighted by Gasteiger charge is 2.18. The van der Waals surface area contributed by atoms with Gasteiger partial charge in [-0.05, 0) is 19.4 Å². The molecule has 4 heteroatoms. The van der Waals surface area contributed by atoms with Crippen LogP contribution < -0.4 is 5.32 Å². The van der Waals surface area contributed by atoms with E-state index in [1.54, 1.807) is 18.4 Å². The van der Waals surface area contributed by atoms with Gasteiger partial charge in [-0.1, -0.05) is 0 Å². The Morgan fingerprint density at radius 1 is 1.71 bits per heavy atom. The lowest BCUT2D eigenvalue weighted by atomic mass is 10.0. The minimum atomic E-state index is 0.624. The van der Waals surface area contributed by atoms with Crippen LogP contribution in [0.3, 0.4) is 0 Å². The quantitative estimate of drug-likeness (QED) is 0.829. The van der Waals surface area contributed by atoms with Crippen molar-refractivity contribution in [3.05, 3.63) is 16.1 Å². The molecule has 1 fully saturated rings. The first kappa shape index (κ1) is 10.1. The van der Waals surface area contributed by atoms with E-state index in [0.717, 1.165) is 18.8 Å². The minimum Gasteiger partial charge on any atom is -0.378 e. The van der Waals surface area contributed by atoms with Gasteiger partial charge in [0.1, 0.15) is 0 Å². The van der Waals surface area contributed by atoms with Crippen LogP contribution in [0.25, 0.3) is 0 Å². The van der Waals surface area contributed by atoms with Crippen molar-refractivity contribution < 1.29 is 4.74 Å². The third-order valence-corrected chi connectivity index (χ3v) is 3.56. The summed E-state index contributed by atoms with van der Waals surface area (Å²) in [5.74, 6) is 0.624. The second-order valence-electron chi connectivity index (χ2n) is 3.65. The number of hydrogen-bond acceptors (Lipinski definition) is 4. The molecule has 1 saturated heterocycles. The number of hydrogen-bond donors (Lipinski definition) is 1. The van der Waals surface area contributed by atoms with Crippen LogP contribution in [0, 0.1) is 0 Å². The molecule has 0 amide bonds. The number of ether oxygens (including phenoxy) is 1. The van der Waals surface area contributed by atoms with E-state index in [1.165, 1.54) is 17.8 Å². The number of rotatable bonds is 3. The first-order valence-corrected chi connectivity index (χ1v) is 5.92. The molecular formula is C10H16N2OS. The molecule has 1 aliphatic heterocycles. The summed E-state index contributed by atoms with van der Waals surface area (Å²) in [7, 11) is 1.71. The van der Waals surface area contributed by atoms with Crippen LogP contribution >= 0.6 is 11.3 Å². The van der Waals surface area contributed by atoms with Gasteiger partial charge in [0.2, 0.25) is 0 Å². The maximum absolute atomic E-state index is 5.06. The fourth-order valence-corrected chi connectivity index (χ4v) is 2.73. The largest absolute Gasteiger partial charge is 0.378 e. The van der Waals surface area contributed by atoms with Crippen LogP contribution in [-0.2, 0) is 11.3 Å². The van der Waals surface area contributed by atoms with Crippen LogP contribution in [-0.4, -0.2) is 25.2 Å². The average molecular weight is 212 g/mol. The van der Waals surface area contributed by atoms with Crippen molar-refractivity contribution in [2.75, 3.05) is 20.2 Å². The highest BCUT2D eigenvalue weighted by molar-refractivity contribution is 7.09. The summed E-state index contributed by atoms with van der Waals surface area (Å²) < 4.78 is 5.06. The third-order valence-electron chi connectivity index (χ3n) is 2.51. The Hall–Kier alpha value is -0.450. The van der Waals surface area contributed by atoms with Gasteiger partial charge in [0.05, 0.1) is 17.3 Å². The van der Waals surface area contributed by atoms with Gasteiger partial charge in [0, 0.05) is 25.0 Å². The molecule has 1 unspecified atom stereocenters. The van der Waals surface area contributed by atoms with Crippen molar-refractivity contribution in [2.45, 2.75) is 25.4 Å². The van der Waals surface area contributed by atoms with E-state index in [9.17, 15) is 0 Å². The normalized spacial score (nSPS) is 22.5. The van der Waals surface area contributed by atoms with Crippen molar-refractivity contribution in [3.8, 4) is 0 Å². The van der Waals surface area contributed by atoms with Crippen molar-refractivity contribution in [1.29, 1.82) is 0 Å². The topological polar surface area (TPSA) is 34.1 Å². The fraction of sp³-hybridized carbons (Fsp3) is 0.700. The predicted molar refractivity (Wildman–Crippen MR) is 57.7 cm³/mol. The van der Waals surface area contributed by atoms with Gasteiger partial charge in [0.25, 0.3) is 0 Å². The molecule has 1 atom stereocenters. The maximum Gasteiger partial charge on any atom is 0.0973 e. The van der Waals surface area contributed by atoms with Crippen LogP contribution in [0.15, 0.2) is 5.38 Å². The smallest absolute Gasteiger partial charge is 0.0973 e. The number of piperidine rings is 1. The summed E-state index contributed by atoms with van der Waals surface area (Å²) in [5.41, 5.74) is 1.07. The Morgan fingerprint density at radius 2 is 2.64 bits per heavy atom. The van der Waals surface area contributed by atoms with Gasteiger partial charge in [-0.25, -0.2) is 4.98 Å². The summed E-state index contributed by atoms with van der Waals surface area (Å²) in [4.78, 5) is 4.58. The van der Waals surface area contributed by atoms with E-state index in [-0.39, 0.29) is 0 Å². The van der Waals surface area contributed by atoms with Crippen molar-refractivity contribution in [3.63, 3.8) is 0 Å². The fourth-order valence-electron chi connectivity index (χ4n) is 1.79. The van der Waals surface area contributed by atoms with Crippen LogP contribution in [0.1, 0.15) is 29.5 Å². The molecule has 1 aromatic rings. The lowest BCUT2D eigenvalue weighted by Gasteiger charge is -2.20. The summed E-state index contributed by atoms with van der Waals surface area (Å²) in [6.45, 7) is 2.88. The van der Waals surface area contributed by atoms with Gasteiger partial charge in [-0.15, -0.1) is 11.3 Å². The van der Waals surface area contributed by atoms with Crippen LogP contribution in [0.2, 0.25) is 0 Å². The van der Waals surface area contributed by atoms with Crippen LogP contribution in [0.4, 0.5) is 0 Å². The SMILES string of the molecule is COCc1csc(C2CCCNC2)n1. The molecule has 1 aromatic heterocycles. The Kier molecular flexibility index (Phi) is 3.50. The Labute approximate surface area is 88.5 Å². The molecule has 0 aromatic carbocycles. The second-order valence-corrected chi connectivity index (χ2v) is 4.54. The zero-order chi connectivity index (χ0) is 9.80. The minimum absolute atomic E-state index is 0.624. The molecule has 0 radical (unpaired) electrons. The lowest BCUT2D eigenvalue weighted by molar-refractivity contribution is 0.182. The number of nitrogens with one attached hydrogen (secondary N) is 1. The molecule has 3 nitrogen and oxygen atoms in total. The molecule has 0 spiro atoms. The van der Waals surface area contributed by atoms with E-state index in [4.69, 9.17) is 4.74 Å². The second kappa shape index (κ2) is 4.87. The van der Waals surface area contributed by atoms with Crippen molar-refractivity contribution in [2.24, 2.45) is 0 Å². The Bertz CT molecular complexity index is 281. The van der Waals surface area contributed by atoms with Gasteiger partial charge in [-0.3, -0.25) is 0 Å². The van der Waals surface area contributed by atoms with E-state index in [2.05, 4.69) is 15.7 Å². The van der Waals surface area contributed by atoms with E-state index in [0.29, 0.717) is 12.5 Å². The summed E-state index contributed by atoms with van der Waals surface area (Å²) in [6.07, 6.45) is 2.54. The van der Waals surface area contributed by atoms with E-state index >= 15 is 0 Å². The highest BCUT2D eigenvalue weighted by Crippen LogP contribution is 2.26. The first-order valence-electron chi connectivity index (χ1n) is 5.04. The first-order chi connectivity index (χ1) is 6.90. The van der Waals surface area contributed by atoms with Crippen LogP contribution in [0.5, 0.6) is 0 Å². The van der Waals surface area contributed by atoms with Gasteiger partial charge in [-0.2, -0.15) is 0 Å². The Morgan fingerprint density at radius 3 is 3.36 bits per heavy atom. The predicted octanol–water partition coefficient (Wildman–Crippen LogP) is 1.76. The van der Waals surface area contributed by atoms with Crippen molar-refractivity contribution in [1.82, 2.24) is 10.3 Å². The summed E-state index contributed by atoms with van der Waals surface area (Å²) in [5, 5.41) is 6.78. The summed E-state index contributed by atoms with van der Waals surface area (Å²) >= 11 is 1.76. The van der Waals surface area contributed by atoms with E-state index < -0.39 is 0 Å². The molecule has 1 N–H and O–H groups in total. The molecule has 0 bridgehead atoms. The van der Waals surface area contributed by atoms with Crippen molar-refractivity contribution >= 4 is 11.3 Å². The van der Waals surface area contributed by atoms with Gasteiger partial charge >= 0.3 is 0 Å². The molecule has 0 aliphatic carbocycles. The Balaban J connectivity index is 2.00. The molecular weight excluding hydrogens is 196 g/mol. The molecule has 2 heterocycles. The highest BCUT2D eigenvalue weighted by atomic mass is 32.1. The van der Waals surface area contributed by atoms with E-state index in [1.807, 2.05) is 0 Å². The van der Waals surface area contributed by atoms with Gasteiger partial charge in [0.15, 0.2) is 0 Å². The zero-order valence-electron chi connectivity index (χ0n) is 8.45. The molecule has 0 saturated carbocycles. The number of methoxy groups -OCH3 is 1. The number of thiazole rings is 1. The van der Waals surface area contributed by atoms with Gasteiger partial charge < -0.3 is 10.1 Å². The maximum atomic E-state index is 5.06. The lowest BCUT2D eigenvalue weighted by Crippen LogP contribution is -2.28. The number of nitrogens with zero attached hydrogens (tertiary/aromatic N) is 1. The molecule has 14 heavy (non-hydrogen) atoms. The molecule has 1 aliphatic rings. The zero-order valence-corrected chi connectivity index (χ0v) is 9.27. The average Bonchev–Trinajstić information content (AvgIpc) is 2.68. The molecule has 2 rings (SSSR count).